The molecule has 2 N–H and O–H groups in total. The number of Topliss-reactive ketones (excluding diaryl/α,β-unsaturated/α-hetero) is 1. The zero-order chi connectivity index (χ0) is 25.9. The first kappa shape index (κ1) is 24.1. The lowest BCUT2D eigenvalue weighted by Gasteiger charge is -2.60. The van der Waals surface area contributed by atoms with Crippen LogP contribution in [0.5, 0.6) is 0 Å². The molecule has 1 spiro atoms. The van der Waals surface area contributed by atoms with Crippen LogP contribution in [0.25, 0.3) is 0 Å². The van der Waals surface area contributed by atoms with Crippen LogP contribution in [0.3, 0.4) is 0 Å². The van der Waals surface area contributed by atoms with Gasteiger partial charge in [-0.15, -0.1) is 0 Å². The first-order valence-corrected chi connectivity index (χ1v) is 12.8. The van der Waals surface area contributed by atoms with Crippen LogP contribution in [-0.2, 0) is 28.6 Å². The summed E-state index contributed by atoms with van der Waals surface area (Å²) in [5.74, 6) is -3.77. The normalized spacial score (nSPS) is 51.2. The van der Waals surface area contributed by atoms with Gasteiger partial charge in [0.2, 0.25) is 0 Å². The van der Waals surface area contributed by atoms with Crippen LogP contribution in [0.4, 0.5) is 0 Å². The molecule has 4 bridgehead atoms. The molecule has 7 rings (SSSR count). The fraction of sp³-hybridized carbons (Fsp3) is 0.741. The van der Waals surface area contributed by atoms with Gasteiger partial charge in [0.05, 0.1) is 25.4 Å². The fourth-order valence-corrected chi connectivity index (χ4v) is 9.41. The molecule has 9 nitrogen and oxygen atoms in total. The van der Waals surface area contributed by atoms with Crippen LogP contribution >= 0.6 is 0 Å². The largest absolute Gasteiger partial charge is 0.469 e. The van der Waals surface area contributed by atoms with E-state index in [1.165, 1.54) is 13.4 Å². The predicted molar refractivity (Wildman–Crippen MR) is 122 cm³/mol. The highest BCUT2D eigenvalue weighted by atomic mass is 16.7. The van der Waals surface area contributed by atoms with Crippen molar-refractivity contribution < 1.29 is 43.2 Å². The molecular formula is C27H34O9. The van der Waals surface area contributed by atoms with Gasteiger partial charge in [-0.2, -0.15) is 0 Å². The van der Waals surface area contributed by atoms with E-state index in [9.17, 15) is 24.6 Å². The number of aliphatic hydroxyl groups excluding tert-OH is 1. The number of aliphatic hydroxyl groups is 2. The average molecular weight is 503 g/mol. The Morgan fingerprint density at radius 1 is 1.19 bits per heavy atom. The average Bonchev–Trinajstić information content (AvgIpc) is 3.45. The number of ketones is 1. The molecule has 9 heteroatoms. The van der Waals surface area contributed by atoms with Crippen LogP contribution in [0.15, 0.2) is 22.8 Å². The summed E-state index contributed by atoms with van der Waals surface area (Å²) in [6.45, 7) is 5.72. The number of ether oxygens (including phenoxy) is 3. The first-order chi connectivity index (χ1) is 16.9. The van der Waals surface area contributed by atoms with E-state index in [1.54, 1.807) is 19.1 Å². The maximum Gasteiger partial charge on any atom is 0.306 e. The smallest absolute Gasteiger partial charge is 0.306 e. The third kappa shape index (κ3) is 2.64. The topological polar surface area (TPSA) is 133 Å². The molecule has 2 unspecified atom stereocenters. The molecule has 196 valence electrons. The van der Waals surface area contributed by atoms with E-state index >= 15 is 0 Å². The third-order valence-electron chi connectivity index (χ3n) is 11.0. The molecule has 10 atom stereocenters. The minimum atomic E-state index is -1.68. The van der Waals surface area contributed by atoms with Crippen molar-refractivity contribution in [2.75, 3.05) is 7.11 Å². The maximum absolute atomic E-state index is 13.7. The van der Waals surface area contributed by atoms with Crippen molar-refractivity contribution in [2.24, 2.45) is 34.0 Å². The molecule has 0 amide bonds. The molecule has 3 aliphatic carbocycles. The van der Waals surface area contributed by atoms with Crippen molar-refractivity contribution in [3.63, 3.8) is 0 Å². The molecule has 4 heterocycles. The molecule has 6 fully saturated rings. The van der Waals surface area contributed by atoms with Crippen molar-refractivity contribution in [1.82, 2.24) is 0 Å². The summed E-state index contributed by atoms with van der Waals surface area (Å²) in [7, 11) is 1.31. The zero-order valence-electron chi connectivity index (χ0n) is 21.1. The fourth-order valence-electron chi connectivity index (χ4n) is 9.41. The number of carbonyl (C=O) groups excluding carboxylic acids is 3. The van der Waals surface area contributed by atoms with E-state index < -0.39 is 63.6 Å². The van der Waals surface area contributed by atoms with Crippen molar-refractivity contribution in [3.8, 4) is 0 Å². The third-order valence-corrected chi connectivity index (χ3v) is 11.0. The number of esters is 2. The Bertz CT molecular complexity index is 1130. The summed E-state index contributed by atoms with van der Waals surface area (Å²) < 4.78 is 23.2. The second-order valence-electron chi connectivity index (χ2n) is 12.4. The summed E-state index contributed by atoms with van der Waals surface area (Å²) >= 11 is 0. The number of cyclic esters (lactones) is 1. The zero-order valence-corrected chi connectivity index (χ0v) is 21.1. The Kier molecular flexibility index (Phi) is 4.83. The van der Waals surface area contributed by atoms with Gasteiger partial charge in [-0.25, -0.2) is 0 Å². The number of rotatable bonds is 3. The molecule has 0 radical (unpaired) electrons. The summed E-state index contributed by atoms with van der Waals surface area (Å²) in [6.07, 6.45) is 0.606. The minimum Gasteiger partial charge on any atom is -0.469 e. The van der Waals surface area contributed by atoms with Crippen LogP contribution in [-0.4, -0.2) is 52.5 Å². The molecule has 3 saturated heterocycles. The monoisotopic (exact) mass is 502 g/mol. The van der Waals surface area contributed by atoms with Crippen molar-refractivity contribution in [1.29, 1.82) is 0 Å². The van der Waals surface area contributed by atoms with Crippen LogP contribution < -0.4 is 0 Å². The number of furan rings is 1. The number of hydrogen-bond acceptors (Lipinski definition) is 9. The van der Waals surface area contributed by atoms with Crippen LogP contribution in [0.2, 0.25) is 0 Å². The van der Waals surface area contributed by atoms with Crippen molar-refractivity contribution in [2.45, 2.75) is 82.9 Å². The van der Waals surface area contributed by atoms with Gasteiger partial charge in [0.1, 0.15) is 11.9 Å². The molecular weight excluding hydrogens is 468 g/mol. The number of methoxy groups -OCH3 is 1. The molecule has 3 saturated carbocycles. The highest BCUT2D eigenvalue weighted by molar-refractivity contribution is 5.86. The van der Waals surface area contributed by atoms with E-state index in [2.05, 4.69) is 0 Å². The van der Waals surface area contributed by atoms with Gasteiger partial charge < -0.3 is 28.8 Å². The lowest BCUT2D eigenvalue weighted by atomic mass is 9.45. The highest BCUT2D eigenvalue weighted by Gasteiger charge is 2.84. The maximum atomic E-state index is 13.7. The SMILES string of the molecule is COC(=O)C[C@H]1[C@@]2(C)C[C@]3(O)O[C@@]4(CC(=O)[C@@H]2O)C2CC(=O)O[C@@H](c5ccco5)[C@]2(C)CCC4[C@]13C. The van der Waals surface area contributed by atoms with Gasteiger partial charge in [-0.3, -0.25) is 14.4 Å². The standard InChI is InChI=1S/C27H34O9/c1-23-8-7-16-25(3)17(10-19(29)33-4)24(2)13-27(25,32)36-26(16,12-14(28)21(24)31)18(23)11-20(30)35-22(23)15-6-5-9-34-15/h5-6,9,16-18,21-22,31-32H,7-8,10-13H2,1-4H3/t16?,17-,18?,21-,22-,23+,24+,25+,26+,27-/m0/s1. The van der Waals surface area contributed by atoms with Gasteiger partial charge in [-0.05, 0) is 36.8 Å². The van der Waals surface area contributed by atoms with E-state index in [0.29, 0.717) is 18.6 Å². The van der Waals surface area contributed by atoms with Crippen LogP contribution in [0, 0.1) is 34.0 Å². The Labute approximate surface area is 209 Å². The lowest BCUT2D eigenvalue weighted by Crippen LogP contribution is -2.64. The predicted octanol–water partition coefficient (Wildman–Crippen LogP) is 2.69. The molecule has 0 aromatic carbocycles. The second kappa shape index (κ2) is 7.20. The molecule has 3 aliphatic heterocycles. The van der Waals surface area contributed by atoms with Crippen molar-refractivity contribution in [3.05, 3.63) is 24.2 Å². The summed E-state index contributed by atoms with van der Waals surface area (Å²) in [5.41, 5.74) is -3.83. The van der Waals surface area contributed by atoms with Gasteiger partial charge in [0.15, 0.2) is 17.7 Å². The Morgan fingerprint density at radius 3 is 2.61 bits per heavy atom. The number of carbonyl (C=O) groups is 3. The van der Waals surface area contributed by atoms with E-state index in [1.807, 2.05) is 13.8 Å². The molecule has 1 aromatic heterocycles. The van der Waals surface area contributed by atoms with E-state index in [-0.39, 0.29) is 37.4 Å². The van der Waals surface area contributed by atoms with Gasteiger partial charge in [0, 0.05) is 41.4 Å². The lowest BCUT2D eigenvalue weighted by molar-refractivity contribution is -0.289. The molecule has 6 aliphatic rings. The summed E-state index contributed by atoms with van der Waals surface area (Å²) in [5, 5.41) is 23.6. The number of fused-ring (bicyclic) bond motifs is 3. The summed E-state index contributed by atoms with van der Waals surface area (Å²) in [4.78, 5) is 39.2. The highest BCUT2D eigenvalue weighted by Crippen LogP contribution is 2.78. The molecule has 36 heavy (non-hydrogen) atoms. The van der Waals surface area contributed by atoms with Crippen molar-refractivity contribution >= 4 is 17.7 Å². The minimum absolute atomic E-state index is 0.0127. The van der Waals surface area contributed by atoms with Crippen LogP contribution in [0.1, 0.15) is 71.2 Å². The van der Waals surface area contributed by atoms with Gasteiger partial charge in [-0.1, -0.05) is 20.8 Å². The Hall–Kier alpha value is -2.23. The Balaban J connectivity index is 1.54. The quantitative estimate of drug-likeness (QED) is 0.599. The summed E-state index contributed by atoms with van der Waals surface area (Å²) in [6, 6.07) is 3.52. The molecule has 1 aromatic rings. The number of hydrogen-bond donors (Lipinski definition) is 2. The van der Waals surface area contributed by atoms with Gasteiger partial charge in [0.25, 0.3) is 0 Å². The second-order valence-corrected chi connectivity index (χ2v) is 12.4. The van der Waals surface area contributed by atoms with E-state index in [4.69, 9.17) is 18.6 Å². The Morgan fingerprint density at radius 2 is 1.94 bits per heavy atom. The first-order valence-electron chi connectivity index (χ1n) is 12.8. The van der Waals surface area contributed by atoms with E-state index in [0.717, 1.165) is 0 Å². The van der Waals surface area contributed by atoms with Gasteiger partial charge >= 0.3 is 11.9 Å².